The second-order valence-electron chi connectivity index (χ2n) is 10.4. The van der Waals surface area contributed by atoms with E-state index in [1.54, 1.807) is 18.7 Å². The predicted octanol–water partition coefficient (Wildman–Crippen LogP) is 4.43. The summed E-state index contributed by atoms with van der Waals surface area (Å²) in [6.45, 7) is 4.01. The molecule has 1 N–H and O–H groups in total. The molecule has 0 spiro atoms. The molecule has 2 aliphatic rings. The molecule has 204 valence electrons. The van der Waals surface area contributed by atoms with Gasteiger partial charge >= 0.3 is 11.9 Å². The zero-order valence-electron chi connectivity index (χ0n) is 22.5. The van der Waals surface area contributed by atoms with E-state index in [0.29, 0.717) is 25.2 Å². The quantitative estimate of drug-likeness (QED) is 0.441. The molecule has 7 heteroatoms. The van der Waals surface area contributed by atoms with Crippen LogP contribution in [0.25, 0.3) is 0 Å². The highest BCUT2D eigenvalue weighted by atomic mass is 16.5. The van der Waals surface area contributed by atoms with E-state index in [0.717, 1.165) is 36.8 Å². The maximum absolute atomic E-state index is 13.9. The molecule has 38 heavy (non-hydrogen) atoms. The molecule has 0 aromatic heterocycles. The molecule has 4 unspecified atom stereocenters. The number of nitrogens with zero attached hydrogens (tertiary/aromatic N) is 1. The fraction of sp³-hybridized carbons (Fsp3) is 0.516. The molecule has 1 saturated heterocycles. The molecule has 1 amide bonds. The minimum Gasteiger partial charge on any atom is -0.465 e. The third-order valence-corrected chi connectivity index (χ3v) is 7.80. The number of benzene rings is 2. The van der Waals surface area contributed by atoms with Crippen LogP contribution < -0.4 is 5.32 Å². The fourth-order valence-corrected chi connectivity index (χ4v) is 5.88. The van der Waals surface area contributed by atoms with Crippen LogP contribution in [-0.2, 0) is 36.9 Å². The van der Waals surface area contributed by atoms with Crippen molar-refractivity contribution in [3.63, 3.8) is 0 Å². The van der Waals surface area contributed by atoms with Crippen LogP contribution in [0.15, 0.2) is 60.7 Å². The second kappa shape index (κ2) is 13.6. The van der Waals surface area contributed by atoms with Crippen molar-refractivity contribution < 1.29 is 23.9 Å². The van der Waals surface area contributed by atoms with Gasteiger partial charge in [-0.1, -0.05) is 73.5 Å². The van der Waals surface area contributed by atoms with Crippen LogP contribution in [0.3, 0.4) is 0 Å². The van der Waals surface area contributed by atoms with Crippen LogP contribution in [0, 0.1) is 5.92 Å². The second-order valence-corrected chi connectivity index (χ2v) is 10.4. The summed E-state index contributed by atoms with van der Waals surface area (Å²) < 4.78 is 11.0. The van der Waals surface area contributed by atoms with E-state index < -0.39 is 18.1 Å². The van der Waals surface area contributed by atoms with Gasteiger partial charge in [0.2, 0.25) is 5.91 Å². The molecule has 5 atom stereocenters. The molecule has 2 aromatic rings. The maximum atomic E-state index is 13.9. The Morgan fingerprint density at radius 1 is 0.947 bits per heavy atom. The first-order valence-electron chi connectivity index (χ1n) is 14.0. The summed E-state index contributed by atoms with van der Waals surface area (Å²) in [7, 11) is 0. The molecule has 4 rings (SSSR count). The van der Waals surface area contributed by atoms with E-state index >= 15 is 0 Å². The molecule has 2 aromatic carbocycles. The van der Waals surface area contributed by atoms with Gasteiger partial charge in [-0.15, -0.1) is 0 Å². The normalized spacial score (nSPS) is 22.3. The third-order valence-electron chi connectivity index (χ3n) is 7.80. The summed E-state index contributed by atoms with van der Waals surface area (Å²) in [5, 5.41) is 3.24. The topological polar surface area (TPSA) is 84.9 Å². The van der Waals surface area contributed by atoms with E-state index in [4.69, 9.17) is 9.47 Å². The lowest BCUT2D eigenvalue weighted by molar-refractivity contribution is -0.157. The minimum atomic E-state index is -0.648. The van der Waals surface area contributed by atoms with Gasteiger partial charge < -0.3 is 14.4 Å². The number of rotatable bonds is 11. The van der Waals surface area contributed by atoms with Crippen molar-refractivity contribution in [2.24, 2.45) is 5.92 Å². The third kappa shape index (κ3) is 7.01. The average Bonchev–Trinajstić information content (AvgIpc) is 3.34. The lowest BCUT2D eigenvalue weighted by Gasteiger charge is -2.35. The molecule has 1 heterocycles. The maximum Gasteiger partial charge on any atom is 0.329 e. The first kappa shape index (κ1) is 27.8. The first-order chi connectivity index (χ1) is 18.5. The Morgan fingerprint density at radius 2 is 1.61 bits per heavy atom. The Kier molecular flexibility index (Phi) is 9.93. The Bertz CT molecular complexity index is 1060. The van der Waals surface area contributed by atoms with E-state index in [1.807, 2.05) is 60.7 Å². The van der Waals surface area contributed by atoms with Crippen molar-refractivity contribution in [3.8, 4) is 0 Å². The highest BCUT2D eigenvalue weighted by Crippen LogP contribution is 2.40. The molecule has 1 aliphatic carbocycles. The highest BCUT2D eigenvalue weighted by molar-refractivity contribution is 5.89. The number of hydrogen-bond acceptors (Lipinski definition) is 6. The van der Waals surface area contributed by atoms with Crippen LogP contribution in [-0.4, -0.2) is 53.5 Å². The number of nitrogens with one attached hydrogen (secondary N) is 1. The van der Waals surface area contributed by atoms with Gasteiger partial charge in [0.15, 0.2) is 0 Å². The van der Waals surface area contributed by atoms with Gasteiger partial charge in [-0.25, -0.2) is 4.79 Å². The summed E-state index contributed by atoms with van der Waals surface area (Å²) in [6.07, 6.45) is 5.89. The van der Waals surface area contributed by atoms with Crippen LogP contribution in [0.2, 0.25) is 0 Å². The molecule has 0 bridgehead atoms. The molecule has 2 fully saturated rings. The number of aryl methyl sites for hydroxylation is 1. The Hall–Kier alpha value is -3.19. The zero-order valence-corrected chi connectivity index (χ0v) is 22.5. The van der Waals surface area contributed by atoms with Crippen molar-refractivity contribution >= 4 is 17.8 Å². The lowest BCUT2D eigenvalue weighted by atomic mass is 9.84. The van der Waals surface area contributed by atoms with Crippen molar-refractivity contribution in [1.29, 1.82) is 0 Å². The monoisotopic (exact) mass is 520 g/mol. The van der Waals surface area contributed by atoms with E-state index in [-0.39, 0.29) is 37.1 Å². The van der Waals surface area contributed by atoms with Crippen molar-refractivity contribution in [2.75, 3.05) is 6.61 Å². The molecular weight excluding hydrogens is 480 g/mol. The SMILES string of the molecule is CCOC(=O)C(CCc1ccccc1)N[C@@H](C)C(=O)N1C(C(=O)OCc2ccccc2)CC2CCCCC21. The molecule has 1 saturated carbocycles. The standard InChI is InChI=1S/C31H40N2O5/c1-3-37-30(35)26(19-18-23-12-6-4-7-13-23)32-22(2)29(34)33-27-17-11-10-16-25(27)20-28(33)31(36)38-21-24-14-8-5-9-15-24/h4-9,12-15,22,25-28,32H,3,10-11,16-21H2,1-2H3/t22-,25?,26?,27?,28?/m0/s1. The van der Waals surface area contributed by atoms with Crippen LogP contribution in [0.4, 0.5) is 0 Å². The summed E-state index contributed by atoms with van der Waals surface area (Å²) in [5.41, 5.74) is 2.04. The number of amides is 1. The van der Waals surface area contributed by atoms with Gasteiger partial charge in [-0.3, -0.25) is 14.9 Å². The van der Waals surface area contributed by atoms with E-state index in [2.05, 4.69) is 5.32 Å². The zero-order chi connectivity index (χ0) is 26.9. The van der Waals surface area contributed by atoms with Crippen LogP contribution >= 0.6 is 0 Å². The van der Waals surface area contributed by atoms with E-state index in [9.17, 15) is 14.4 Å². The molecule has 7 nitrogen and oxygen atoms in total. The number of ether oxygens (including phenoxy) is 2. The number of carbonyl (C=O) groups is 3. The first-order valence-corrected chi connectivity index (χ1v) is 14.0. The summed E-state index contributed by atoms with van der Waals surface area (Å²) >= 11 is 0. The predicted molar refractivity (Wildman–Crippen MR) is 145 cm³/mol. The molecule has 0 radical (unpaired) electrons. The molecular formula is C31H40N2O5. The van der Waals surface area contributed by atoms with Gasteiger partial charge in [0.1, 0.15) is 18.7 Å². The van der Waals surface area contributed by atoms with Crippen molar-refractivity contribution in [3.05, 3.63) is 71.8 Å². The number of hydrogen-bond donors (Lipinski definition) is 1. The van der Waals surface area contributed by atoms with Crippen LogP contribution in [0.5, 0.6) is 0 Å². The highest BCUT2D eigenvalue weighted by Gasteiger charge is 2.49. The van der Waals surface area contributed by atoms with Gasteiger partial charge in [-0.05, 0) is 63.0 Å². The summed E-state index contributed by atoms with van der Waals surface area (Å²) in [4.78, 5) is 41.7. The van der Waals surface area contributed by atoms with Crippen molar-refractivity contribution in [1.82, 2.24) is 10.2 Å². The van der Waals surface area contributed by atoms with Gasteiger partial charge in [0.05, 0.1) is 12.6 Å². The number of fused-ring (bicyclic) bond motifs is 1. The number of likely N-dealkylation sites (tertiary alicyclic amines) is 1. The Morgan fingerprint density at radius 3 is 2.29 bits per heavy atom. The average molecular weight is 521 g/mol. The lowest BCUT2D eigenvalue weighted by Crippen LogP contribution is -2.56. The Balaban J connectivity index is 1.45. The molecule has 1 aliphatic heterocycles. The van der Waals surface area contributed by atoms with Gasteiger partial charge in [-0.2, -0.15) is 0 Å². The number of esters is 2. The van der Waals surface area contributed by atoms with Crippen molar-refractivity contribution in [2.45, 2.75) is 89.6 Å². The number of carbonyl (C=O) groups excluding carboxylic acids is 3. The summed E-state index contributed by atoms with van der Waals surface area (Å²) in [5.74, 6) is -0.572. The largest absolute Gasteiger partial charge is 0.465 e. The minimum absolute atomic E-state index is 0.0279. The smallest absolute Gasteiger partial charge is 0.329 e. The van der Waals surface area contributed by atoms with Gasteiger partial charge in [0.25, 0.3) is 0 Å². The summed E-state index contributed by atoms with van der Waals surface area (Å²) in [6, 6.07) is 17.7. The fourth-order valence-electron chi connectivity index (χ4n) is 5.88. The van der Waals surface area contributed by atoms with Gasteiger partial charge in [0, 0.05) is 6.04 Å². The van der Waals surface area contributed by atoms with E-state index in [1.165, 1.54) is 0 Å². The van der Waals surface area contributed by atoms with Crippen LogP contribution in [0.1, 0.15) is 63.5 Å². The Labute approximate surface area is 225 Å².